The van der Waals surface area contributed by atoms with Gasteiger partial charge in [-0.2, -0.15) is 0 Å². The van der Waals surface area contributed by atoms with Crippen LogP contribution in [0.3, 0.4) is 0 Å². The average Bonchev–Trinajstić information content (AvgIpc) is 2.93. The number of alkyl halides is 1. The maximum atomic E-state index is 15.8. The first-order valence-corrected chi connectivity index (χ1v) is 9.85. The first kappa shape index (κ1) is 22.2. The van der Waals surface area contributed by atoms with Gasteiger partial charge in [0, 0.05) is 18.1 Å². The monoisotopic (exact) mass is 425 g/mol. The molecule has 0 radical (unpaired) electrons. The zero-order valence-corrected chi connectivity index (χ0v) is 17.6. The van der Waals surface area contributed by atoms with Gasteiger partial charge in [-0.3, -0.25) is 4.79 Å². The van der Waals surface area contributed by atoms with Gasteiger partial charge in [-0.15, -0.1) is 0 Å². The number of fused-ring (bicyclic) bond motifs is 1. The number of benzene rings is 2. The summed E-state index contributed by atoms with van der Waals surface area (Å²) < 4.78 is 26.2. The quantitative estimate of drug-likeness (QED) is 0.507. The van der Waals surface area contributed by atoms with Gasteiger partial charge < -0.3 is 9.47 Å². The van der Waals surface area contributed by atoms with Crippen molar-refractivity contribution in [2.24, 2.45) is 0 Å². The Hall–Kier alpha value is -3.48. The summed E-state index contributed by atoms with van der Waals surface area (Å²) in [6.07, 6.45) is 0.940. The van der Waals surface area contributed by atoms with E-state index < -0.39 is 35.7 Å². The number of nitrogens with zero attached hydrogens (tertiary/aromatic N) is 1. The highest BCUT2D eigenvalue weighted by molar-refractivity contribution is 6.20. The van der Waals surface area contributed by atoms with E-state index in [0.29, 0.717) is 4.90 Å². The third-order valence-electron chi connectivity index (χ3n) is 4.57. The predicted molar refractivity (Wildman–Crippen MR) is 113 cm³/mol. The minimum absolute atomic E-state index is 0.0492. The molecule has 1 aliphatic rings. The van der Waals surface area contributed by atoms with Crippen LogP contribution >= 0.6 is 0 Å². The lowest BCUT2D eigenvalue weighted by molar-refractivity contribution is -0.139. The molecular formula is C24H24FNO5. The Morgan fingerprint density at radius 1 is 1.06 bits per heavy atom. The predicted octanol–water partition coefficient (Wildman–Crippen LogP) is 4.82. The van der Waals surface area contributed by atoms with Crippen molar-refractivity contribution in [1.82, 2.24) is 0 Å². The van der Waals surface area contributed by atoms with E-state index in [-0.39, 0.29) is 17.9 Å². The number of rotatable bonds is 5. The van der Waals surface area contributed by atoms with E-state index in [9.17, 15) is 14.4 Å². The van der Waals surface area contributed by atoms with Crippen LogP contribution in [0.5, 0.6) is 0 Å². The van der Waals surface area contributed by atoms with Crippen molar-refractivity contribution in [3.63, 3.8) is 0 Å². The van der Waals surface area contributed by atoms with Crippen LogP contribution in [0.2, 0.25) is 0 Å². The van der Waals surface area contributed by atoms with Gasteiger partial charge in [0.15, 0.2) is 0 Å². The van der Waals surface area contributed by atoms with E-state index in [2.05, 4.69) is 0 Å². The van der Waals surface area contributed by atoms with Crippen LogP contribution in [0.1, 0.15) is 38.3 Å². The number of hydrogen-bond donors (Lipinski definition) is 0. The maximum absolute atomic E-state index is 15.8. The van der Waals surface area contributed by atoms with Crippen molar-refractivity contribution in [2.75, 3.05) is 4.90 Å². The van der Waals surface area contributed by atoms with Crippen molar-refractivity contribution in [3.8, 4) is 0 Å². The number of imide groups is 1. The molecule has 0 fully saturated rings. The SMILES string of the molecule is CC(C)(C)OC(=O)N1C(=O)[C@@](F)(C/C=C/C(=O)OCc2ccccc2)c2ccccc21. The summed E-state index contributed by atoms with van der Waals surface area (Å²) in [7, 11) is 0. The molecule has 2 amide bonds. The summed E-state index contributed by atoms with van der Waals surface area (Å²) in [6.45, 7) is 5.05. The zero-order chi connectivity index (χ0) is 22.6. The highest BCUT2D eigenvalue weighted by Crippen LogP contribution is 2.45. The Bertz CT molecular complexity index is 1010. The fourth-order valence-corrected chi connectivity index (χ4v) is 3.19. The lowest BCUT2D eigenvalue weighted by atomic mass is 9.93. The molecule has 2 aromatic carbocycles. The number of esters is 1. The van der Waals surface area contributed by atoms with Crippen LogP contribution < -0.4 is 4.90 Å². The number of halogens is 1. The third-order valence-corrected chi connectivity index (χ3v) is 4.57. The van der Waals surface area contributed by atoms with Gasteiger partial charge in [0.05, 0.1) is 5.69 Å². The summed E-state index contributed by atoms with van der Waals surface area (Å²) in [5, 5.41) is 0. The summed E-state index contributed by atoms with van der Waals surface area (Å²) in [5.74, 6) is -1.71. The van der Waals surface area contributed by atoms with E-state index in [0.717, 1.165) is 11.6 Å². The number of anilines is 1. The van der Waals surface area contributed by atoms with Gasteiger partial charge in [0.1, 0.15) is 12.2 Å². The molecule has 0 spiro atoms. The summed E-state index contributed by atoms with van der Waals surface area (Å²) in [5.41, 5.74) is -2.35. The number of carbonyl (C=O) groups excluding carboxylic acids is 3. The van der Waals surface area contributed by atoms with Crippen LogP contribution in [-0.2, 0) is 31.3 Å². The molecule has 3 rings (SSSR count). The third kappa shape index (κ3) is 4.99. The number of ether oxygens (including phenoxy) is 2. The molecule has 6 nitrogen and oxygen atoms in total. The molecule has 31 heavy (non-hydrogen) atoms. The molecule has 0 unspecified atom stereocenters. The first-order chi connectivity index (χ1) is 14.6. The molecule has 0 N–H and O–H groups in total. The van der Waals surface area contributed by atoms with Crippen LogP contribution in [0.15, 0.2) is 66.7 Å². The molecule has 7 heteroatoms. The lowest BCUT2D eigenvalue weighted by Crippen LogP contribution is -2.43. The van der Waals surface area contributed by atoms with Gasteiger partial charge in [-0.05, 0) is 32.4 Å². The number of hydrogen-bond acceptors (Lipinski definition) is 5. The first-order valence-electron chi connectivity index (χ1n) is 9.85. The van der Waals surface area contributed by atoms with Crippen molar-refractivity contribution in [2.45, 2.75) is 45.1 Å². The Kier molecular flexibility index (Phi) is 6.24. The molecule has 0 saturated heterocycles. The molecule has 1 aliphatic heterocycles. The molecule has 0 aromatic heterocycles. The largest absolute Gasteiger partial charge is 0.458 e. The van der Waals surface area contributed by atoms with E-state index in [4.69, 9.17) is 9.47 Å². The molecule has 0 bridgehead atoms. The van der Waals surface area contributed by atoms with E-state index in [1.807, 2.05) is 30.3 Å². The topological polar surface area (TPSA) is 72.9 Å². The molecule has 1 heterocycles. The van der Waals surface area contributed by atoms with Gasteiger partial charge in [-0.25, -0.2) is 18.9 Å². The van der Waals surface area contributed by atoms with Crippen LogP contribution in [0, 0.1) is 0 Å². The molecule has 2 aromatic rings. The average molecular weight is 425 g/mol. The van der Waals surface area contributed by atoms with Gasteiger partial charge in [0.2, 0.25) is 5.67 Å². The second-order valence-electron chi connectivity index (χ2n) is 8.14. The van der Waals surface area contributed by atoms with Crippen LogP contribution in [0.4, 0.5) is 14.9 Å². The van der Waals surface area contributed by atoms with Gasteiger partial charge in [-0.1, -0.05) is 54.6 Å². The maximum Gasteiger partial charge on any atom is 0.421 e. The molecule has 162 valence electrons. The van der Waals surface area contributed by atoms with Crippen LogP contribution in [0.25, 0.3) is 0 Å². The number of carbonyl (C=O) groups is 3. The van der Waals surface area contributed by atoms with Crippen molar-refractivity contribution in [3.05, 3.63) is 77.9 Å². The van der Waals surface area contributed by atoms with Crippen molar-refractivity contribution in [1.29, 1.82) is 0 Å². The van der Waals surface area contributed by atoms with E-state index in [1.165, 1.54) is 18.2 Å². The summed E-state index contributed by atoms with van der Waals surface area (Å²) >= 11 is 0. The lowest BCUT2D eigenvalue weighted by Gasteiger charge is -2.24. The Morgan fingerprint density at radius 3 is 2.39 bits per heavy atom. The Morgan fingerprint density at radius 2 is 1.71 bits per heavy atom. The number of allylic oxidation sites excluding steroid dienone is 1. The summed E-state index contributed by atoms with van der Waals surface area (Å²) in [4.78, 5) is 38.1. The Balaban J connectivity index is 1.73. The fraction of sp³-hybridized carbons (Fsp3) is 0.292. The standard InChI is InChI=1S/C24H24FNO5/c1-23(2,3)31-22(29)26-19-13-8-7-12-18(19)24(25,21(26)28)15-9-14-20(27)30-16-17-10-5-4-6-11-17/h4-14H,15-16H2,1-3H3/b14-9+/t24-/m1/s1. The molecule has 1 atom stereocenters. The highest BCUT2D eigenvalue weighted by atomic mass is 19.1. The van der Waals surface area contributed by atoms with Gasteiger partial charge >= 0.3 is 12.1 Å². The number of para-hydroxylation sites is 1. The fourth-order valence-electron chi connectivity index (χ4n) is 3.19. The minimum Gasteiger partial charge on any atom is -0.458 e. The number of amides is 2. The van der Waals surface area contributed by atoms with Gasteiger partial charge in [0.25, 0.3) is 5.91 Å². The molecular weight excluding hydrogens is 401 g/mol. The van der Waals surface area contributed by atoms with Crippen molar-refractivity contribution >= 4 is 23.7 Å². The second-order valence-corrected chi connectivity index (χ2v) is 8.14. The van der Waals surface area contributed by atoms with Crippen LogP contribution in [-0.4, -0.2) is 23.6 Å². The molecule has 0 aliphatic carbocycles. The normalized spacial score (nSPS) is 18.2. The minimum atomic E-state index is -2.50. The second kappa shape index (κ2) is 8.71. The summed E-state index contributed by atoms with van der Waals surface area (Å²) in [6, 6.07) is 15.2. The van der Waals surface area contributed by atoms with Crippen molar-refractivity contribution < 1.29 is 28.2 Å². The smallest absolute Gasteiger partial charge is 0.421 e. The zero-order valence-electron chi connectivity index (χ0n) is 17.6. The highest BCUT2D eigenvalue weighted by Gasteiger charge is 2.54. The molecule has 0 saturated carbocycles. The van der Waals surface area contributed by atoms with E-state index >= 15 is 4.39 Å². The Labute approximate surface area is 180 Å². The van der Waals surface area contributed by atoms with E-state index in [1.54, 1.807) is 32.9 Å².